The fraction of sp³-hybridized carbons (Fsp3) is 0.455. The molecule has 142 valence electrons. The summed E-state index contributed by atoms with van der Waals surface area (Å²) in [7, 11) is 0. The molecule has 2 aliphatic heterocycles. The summed E-state index contributed by atoms with van der Waals surface area (Å²) in [5, 5.41) is 6.10. The van der Waals surface area contributed by atoms with Crippen molar-refractivity contribution < 1.29 is 9.59 Å². The van der Waals surface area contributed by atoms with Crippen LogP contribution in [0.3, 0.4) is 0 Å². The number of carbonyl (C=O) groups is 2. The van der Waals surface area contributed by atoms with Gasteiger partial charge in [-0.3, -0.25) is 9.59 Å². The van der Waals surface area contributed by atoms with Crippen molar-refractivity contribution in [2.75, 3.05) is 19.6 Å². The van der Waals surface area contributed by atoms with Crippen molar-refractivity contribution in [3.8, 4) is 0 Å². The van der Waals surface area contributed by atoms with E-state index in [-0.39, 0.29) is 17.9 Å². The fourth-order valence-electron chi connectivity index (χ4n) is 4.37. The standard InChI is InChI=1S/C22H27N3O2/c1-16(26)24-11-9-19(10-12-24)23-20-13-22(27)25(15-20)14-18-7-4-6-17-5-2-3-8-21(17)18/h2-8,19-20,23H,9-15H2,1H3/t20-/m1/s1. The molecule has 4 rings (SSSR count). The Hall–Kier alpha value is -2.40. The molecule has 0 radical (unpaired) electrons. The van der Waals surface area contributed by atoms with Crippen LogP contribution in [-0.2, 0) is 16.1 Å². The van der Waals surface area contributed by atoms with Gasteiger partial charge in [0.05, 0.1) is 0 Å². The highest BCUT2D eigenvalue weighted by atomic mass is 16.2. The van der Waals surface area contributed by atoms with Gasteiger partial charge >= 0.3 is 0 Å². The number of benzene rings is 2. The van der Waals surface area contributed by atoms with Crippen LogP contribution in [0.5, 0.6) is 0 Å². The monoisotopic (exact) mass is 365 g/mol. The Labute approximate surface area is 160 Å². The molecule has 2 aromatic carbocycles. The third kappa shape index (κ3) is 3.98. The number of nitrogens with one attached hydrogen (secondary N) is 1. The number of nitrogens with zero attached hydrogens (tertiary/aromatic N) is 2. The van der Waals surface area contributed by atoms with Crippen LogP contribution in [0.25, 0.3) is 10.8 Å². The molecule has 27 heavy (non-hydrogen) atoms. The van der Waals surface area contributed by atoms with Gasteiger partial charge in [0.2, 0.25) is 11.8 Å². The molecule has 0 spiro atoms. The highest BCUT2D eigenvalue weighted by molar-refractivity contribution is 5.86. The van der Waals surface area contributed by atoms with E-state index in [1.165, 1.54) is 16.3 Å². The molecule has 0 aliphatic carbocycles. The maximum atomic E-state index is 12.5. The van der Waals surface area contributed by atoms with Crippen molar-refractivity contribution in [2.45, 2.75) is 44.8 Å². The highest BCUT2D eigenvalue weighted by Crippen LogP contribution is 2.23. The Morgan fingerprint density at radius 3 is 2.59 bits per heavy atom. The smallest absolute Gasteiger partial charge is 0.224 e. The second kappa shape index (κ2) is 7.69. The van der Waals surface area contributed by atoms with Crippen LogP contribution in [0, 0.1) is 0 Å². The summed E-state index contributed by atoms with van der Waals surface area (Å²) in [4.78, 5) is 27.9. The number of hydrogen-bond acceptors (Lipinski definition) is 3. The molecular weight excluding hydrogens is 338 g/mol. The number of fused-ring (bicyclic) bond motifs is 1. The Balaban J connectivity index is 1.36. The van der Waals surface area contributed by atoms with Gasteiger partial charge in [-0.05, 0) is 29.2 Å². The largest absolute Gasteiger partial charge is 0.343 e. The van der Waals surface area contributed by atoms with Crippen molar-refractivity contribution in [1.29, 1.82) is 0 Å². The minimum absolute atomic E-state index is 0.158. The fourth-order valence-corrected chi connectivity index (χ4v) is 4.37. The molecule has 2 aromatic rings. The molecule has 0 aromatic heterocycles. The van der Waals surface area contributed by atoms with Crippen molar-refractivity contribution >= 4 is 22.6 Å². The lowest BCUT2D eigenvalue weighted by Crippen LogP contribution is -2.47. The summed E-state index contributed by atoms with van der Waals surface area (Å²) < 4.78 is 0. The van der Waals surface area contributed by atoms with E-state index in [0.29, 0.717) is 19.0 Å². The first-order valence-electron chi connectivity index (χ1n) is 9.86. The number of hydrogen-bond donors (Lipinski definition) is 1. The number of likely N-dealkylation sites (tertiary alicyclic amines) is 2. The van der Waals surface area contributed by atoms with E-state index >= 15 is 0 Å². The lowest BCUT2D eigenvalue weighted by Gasteiger charge is -2.33. The maximum Gasteiger partial charge on any atom is 0.224 e. The number of rotatable bonds is 4. The summed E-state index contributed by atoms with van der Waals surface area (Å²) in [6, 6.07) is 15.2. The second-order valence-corrected chi connectivity index (χ2v) is 7.76. The minimum Gasteiger partial charge on any atom is -0.343 e. The molecule has 2 heterocycles. The minimum atomic E-state index is 0.158. The summed E-state index contributed by atoms with van der Waals surface area (Å²) >= 11 is 0. The van der Waals surface area contributed by atoms with E-state index < -0.39 is 0 Å². The Morgan fingerprint density at radius 2 is 1.81 bits per heavy atom. The number of piperidine rings is 1. The van der Waals surface area contributed by atoms with E-state index in [9.17, 15) is 9.59 Å². The topological polar surface area (TPSA) is 52.7 Å². The first-order chi connectivity index (χ1) is 13.1. The van der Waals surface area contributed by atoms with E-state index in [4.69, 9.17) is 0 Å². The summed E-state index contributed by atoms with van der Waals surface area (Å²) in [5.41, 5.74) is 1.21. The maximum absolute atomic E-state index is 12.5. The van der Waals surface area contributed by atoms with Crippen LogP contribution < -0.4 is 5.32 Å². The van der Waals surface area contributed by atoms with Gasteiger partial charge in [0.25, 0.3) is 0 Å². The predicted octanol–water partition coefficient (Wildman–Crippen LogP) is 2.54. The normalized spacial score (nSPS) is 21.2. The van der Waals surface area contributed by atoms with E-state index in [2.05, 4.69) is 41.7 Å². The predicted molar refractivity (Wildman–Crippen MR) is 106 cm³/mol. The molecule has 2 saturated heterocycles. The van der Waals surface area contributed by atoms with Crippen molar-refractivity contribution in [2.24, 2.45) is 0 Å². The van der Waals surface area contributed by atoms with Gasteiger partial charge in [-0.1, -0.05) is 42.5 Å². The Morgan fingerprint density at radius 1 is 1.07 bits per heavy atom. The lowest BCUT2D eigenvalue weighted by molar-refractivity contribution is -0.130. The molecule has 5 heteroatoms. The van der Waals surface area contributed by atoms with Gasteiger partial charge in [0.15, 0.2) is 0 Å². The summed E-state index contributed by atoms with van der Waals surface area (Å²) in [6.45, 7) is 4.69. The first kappa shape index (κ1) is 18.0. The highest BCUT2D eigenvalue weighted by Gasteiger charge is 2.32. The van der Waals surface area contributed by atoms with Gasteiger partial charge in [-0.25, -0.2) is 0 Å². The molecule has 1 atom stereocenters. The third-order valence-electron chi connectivity index (χ3n) is 5.87. The molecule has 2 aliphatic rings. The lowest BCUT2D eigenvalue weighted by atomic mass is 10.0. The van der Waals surface area contributed by atoms with Crippen molar-refractivity contribution in [3.05, 3.63) is 48.0 Å². The van der Waals surface area contributed by atoms with Crippen molar-refractivity contribution in [1.82, 2.24) is 15.1 Å². The average Bonchev–Trinajstić information content (AvgIpc) is 3.01. The average molecular weight is 365 g/mol. The van der Waals surface area contributed by atoms with Crippen LogP contribution >= 0.6 is 0 Å². The molecule has 2 amide bonds. The van der Waals surface area contributed by atoms with Crippen LogP contribution in [0.4, 0.5) is 0 Å². The van der Waals surface area contributed by atoms with E-state index in [1.54, 1.807) is 6.92 Å². The van der Waals surface area contributed by atoms with Gasteiger partial charge in [0.1, 0.15) is 0 Å². The van der Waals surface area contributed by atoms with Gasteiger partial charge in [-0.15, -0.1) is 0 Å². The third-order valence-corrected chi connectivity index (χ3v) is 5.87. The quantitative estimate of drug-likeness (QED) is 0.906. The Bertz CT molecular complexity index is 837. The number of carbonyl (C=O) groups excluding carboxylic acids is 2. The van der Waals surface area contributed by atoms with Crippen LogP contribution in [0.1, 0.15) is 31.7 Å². The zero-order chi connectivity index (χ0) is 18.8. The summed E-state index contributed by atoms with van der Waals surface area (Å²) in [6.07, 6.45) is 2.50. The SMILES string of the molecule is CC(=O)N1CCC(N[C@@H]2CC(=O)N(Cc3cccc4ccccc34)C2)CC1. The molecule has 0 saturated carbocycles. The first-order valence-corrected chi connectivity index (χ1v) is 9.86. The molecule has 2 fully saturated rings. The molecule has 5 nitrogen and oxygen atoms in total. The summed E-state index contributed by atoms with van der Waals surface area (Å²) in [5.74, 6) is 0.382. The molecule has 1 N–H and O–H groups in total. The van der Waals surface area contributed by atoms with Gasteiger partial charge in [-0.2, -0.15) is 0 Å². The van der Waals surface area contributed by atoms with Crippen LogP contribution in [-0.4, -0.2) is 53.3 Å². The Kier molecular flexibility index (Phi) is 5.12. The molecule has 0 bridgehead atoms. The number of amides is 2. The zero-order valence-electron chi connectivity index (χ0n) is 15.9. The zero-order valence-corrected chi connectivity index (χ0v) is 15.9. The second-order valence-electron chi connectivity index (χ2n) is 7.76. The van der Waals surface area contributed by atoms with Crippen LogP contribution in [0.2, 0.25) is 0 Å². The van der Waals surface area contributed by atoms with Crippen LogP contribution in [0.15, 0.2) is 42.5 Å². The molecule has 0 unspecified atom stereocenters. The van der Waals surface area contributed by atoms with Gasteiger partial charge < -0.3 is 15.1 Å². The van der Waals surface area contributed by atoms with E-state index in [1.807, 2.05) is 15.9 Å². The van der Waals surface area contributed by atoms with E-state index in [0.717, 1.165) is 32.5 Å². The molecular formula is C22H27N3O2. The van der Waals surface area contributed by atoms with Gasteiger partial charge in [0, 0.05) is 51.6 Å². The van der Waals surface area contributed by atoms with Crippen molar-refractivity contribution in [3.63, 3.8) is 0 Å².